The SMILES string of the molecule is CCc1nn(C)c(CNc2ccc3c(c2)OCO3)c1Br. The van der Waals surface area contributed by atoms with Gasteiger partial charge in [0.2, 0.25) is 6.79 Å². The van der Waals surface area contributed by atoms with E-state index in [1.807, 2.05) is 29.9 Å². The summed E-state index contributed by atoms with van der Waals surface area (Å²) in [5.41, 5.74) is 3.20. The van der Waals surface area contributed by atoms with Crippen molar-refractivity contribution in [2.75, 3.05) is 12.1 Å². The molecule has 1 aliphatic rings. The molecule has 1 aliphatic heterocycles. The Morgan fingerprint density at radius 2 is 2.15 bits per heavy atom. The van der Waals surface area contributed by atoms with Crippen molar-refractivity contribution < 1.29 is 9.47 Å². The molecule has 106 valence electrons. The molecular formula is C14H16BrN3O2. The van der Waals surface area contributed by atoms with Gasteiger partial charge in [-0.1, -0.05) is 6.92 Å². The lowest BCUT2D eigenvalue weighted by Crippen LogP contribution is -2.05. The predicted octanol–water partition coefficient (Wildman–Crippen LogP) is 3.09. The lowest BCUT2D eigenvalue weighted by Gasteiger charge is -2.08. The molecular weight excluding hydrogens is 322 g/mol. The van der Waals surface area contributed by atoms with Crippen molar-refractivity contribution in [3.63, 3.8) is 0 Å². The number of hydrogen-bond acceptors (Lipinski definition) is 4. The second kappa shape index (κ2) is 5.36. The third kappa shape index (κ3) is 2.35. The number of ether oxygens (including phenoxy) is 2. The molecule has 2 aromatic rings. The van der Waals surface area contributed by atoms with Gasteiger partial charge in [-0.25, -0.2) is 0 Å². The standard InChI is InChI=1S/C14H16BrN3O2/c1-3-10-14(15)11(18(2)17-10)7-16-9-4-5-12-13(6-9)20-8-19-12/h4-6,16H,3,7-8H2,1-2H3. The Balaban J connectivity index is 1.75. The Hall–Kier alpha value is -1.69. The number of fused-ring (bicyclic) bond motifs is 1. The van der Waals surface area contributed by atoms with Gasteiger partial charge in [0, 0.05) is 18.8 Å². The summed E-state index contributed by atoms with van der Waals surface area (Å²) in [6, 6.07) is 5.85. The van der Waals surface area contributed by atoms with Crippen molar-refractivity contribution in [1.29, 1.82) is 0 Å². The first kappa shape index (κ1) is 13.3. The summed E-state index contributed by atoms with van der Waals surface area (Å²) in [6.07, 6.45) is 0.915. The van der Waals surface area contributed by atoms with Gasteiger partial charge in [-0.2, -0.15) is 5.10 Å². The van der Waals surface area contributed by atoms with Crippen LogP contribution in [0.15, 0.2) is 22.7 Å². The largest absolute Gasteiger partial charge is 0.454 e. The monoisotopic (exact) mass is 337 g/mol. The molecule has 0 radical (unpaired) electrons. The maximum absolute atomic E-state index is 5.37. The fraction of sp³-hybridized carbons (Fsp3) is 0.357. The number of aryl methyl sites for hydroxylation is 2. The van der Waals surface area contributed by atoms with Gasteiger partial charge in [-0.15, -0.1) is 0 Å². The maximum atomic E-state index is 5.37. The smallest absolute Gasteiger partial charge is 0.231 e. The van der Waals surface area contributed by atoms with Gasteiger partial charge in [0.1, 0.15) is 0 Å². The van der Waals surface area contributed by atoms with Crippen LogP contribution in [0.2, 0.25) is 0 Å². The Morgan fingerprint density at radius 3 is 2.90 bits per heavy atom. The van der Waals surface area contributed by atoms with E-state index in [1.165, 1.54) is 0 Å². The van der Waals surface area contributed by atoms with Crippen molar-refractivity contribution in [2.24, 2.45) is 7.05 Å². The average Bonchev–Trinajstić information content (AvgIpc) is 3.01. The number of nitrogens with zero attached hydrogens (tertiary/aromatic N) is 2. The van der Waals surface area contributed by atoms with Crippen LogP contribution in [0.25, 0.3) is 0 Å². The minimum atomic E-state index is 0.298. The van der Waals surface area contributed by atoms with Gasteiger partial charge in [0.25, 0.3) is 0 Å². The van der Waals surface area contributed by atoms with Crippen molar-refractivity contribution in [3.8, 4) is 11.5 Å². The summed E-state index contributed by atoms with van der Waals surface area (Å²) < 4.78 is 13.7. The summed E-state index contributed by atoms with van der Waals surface area (Å²) in [6.45, 7) is 3.10. The number of hydrogen-bond donors (Lipinski definition) is 1. The van der Waals surface area contributed by atoms with Crippen LogP contribution in [0.5, 0.6) is 11.5 Å². The molecule has 5 nitrogen and oxygen atoms in total. The lowest BCUT2D eigenvalue weighted by molar-refractivity contribution is 0.174. The first-order valence-electron chi connectivity index (χ1n) is 6.52. The van der Waals surface area contributed by atoms with Crippen LogP contribution in [0.3, 0.4) is 0 Å². The molecule has 0 fully saturated rings. The second-order valence-corrected chi connectivity index (χ2v) is 5.40. The number of halogens is 1. The maximum Gasteiger partial charge on any atom is 0.231 e. The first-order valence-corrected chi connectivity index (χ1v) is 7.32. The first-order chi connectivity index (χ1) is 9.69. The minimum absolute atomic E-state index is 0.298. The highest BCUT2D eigenvalue weighted by Crippen LogP contribution is 2.34. The Kier molecular flexibility index (Phi) is 3.56. The number of nitrogens with one attached hydrogen (secondary N) is 1. The van der Waals surface area contributed by atoms with Crippen molar-refractivity contribution in [2.45, 2.75) is 19.9 Å². The van der Waals surface area contributed by atoms with Gasteiger partial charge >= 0.3 is 0 Å². The molecule has 6 heteroatoms. The van der Waals surface area contributed by atoms with E-state index in [0.29, 0.717) is 13.3 Å². The topological polar surface area (TPSA) is 48.3 Å². The van der Waals surface area contributed by atoms with Gasteiger partial charge in [0.15, 0.2) is 11.5 Å². The molecule has 0 amide bonds. The molecule has 0 aliphatic carbocycles. The van der Waals surface area contributed by atoms with Gasteiger partial charge in [-0.3, -0.25) is 4.68 Å². The minimum Gasteiger partial charge on any atom is -0.454 e. The van der Waals surface area contributed by atoms with Crippen LogP contribution in [-0.2, 0) is 20.0 Å². The molecule has 1 aromatic carbocycles. The Bertz CT molecular complexity index is 640. The predicted molar refractivity (Wildman–Crippen MR) is 80.2 cm³/mol. The Morgan fingerprint density at radius 1 is 1.35 bits per heavy atom. The van der Waals surface area contributed by atoms with E-state index in [1.54, 1.807) is 0 Å². The van der Waals surface area contributed by atoms with E-state index in [2.05, 4.69) is 33.3 Å². The highest BCUT2D eigenvalue weighted by Gasteiger charge is 2.15. The van der Waals surface area contributed by atoms with Gasteiger partial charge < -0.3 is 14.8 Å². The normalized spacial score (nSPS) is 12.8. The van der Waals surface area contributed by atoms with Gasteiger partial charge in [-0.05, 0) is 34.5 Å². The Labute approximate surface area is 126 Å². The average molecular weight is 338 g/mol. The fourth-order valence-corrected chi connectivity index (χ4v) is 2.96. The van der Waals surface area contributed by atoms with Crippen LogP contribution in [0.1, 0.15) is 18.3 Å². The highest BCUT2D eigenvalue weighted by atomic mass is 79.9. The van der Waals surface area contributed by atoms with E-state index in [4.69, 9.17) is 9.47 Å². The third-order valence-corrected chi connectivity index (χ3v) is 4.25. The lowest BCUT2D eigenvalue weighted by atomic mass is 10.2. The molecule has 3 rings (SSSR count). The van der Waals surface area contributed by atoms with Crippen LogP contribution >= 0.6 is 15.9 Å². The zero-order valence-corrected chi connectivity index (χ0v) is 13.0. The third-order valence-electron chi connectivity index (χ3n) is 3.34. The molecule has 20 heavy (non-hydrogen) atoms. The quantitative estimate of drug-likeness (QED) is 0.931. The summed E-state index contributed by atoms with van der Waals surface area (Å²) in [7, 11) is 1.96. The van der Waals surface area contributed by atoms with Crippen molar-refractivity contribution >= 4 is 21.6 Å². The zero-order chi connectivity index (χ0) is 14.1. The van der Waals surface area contributed by atoms with E-state index >= 15 is 0 Å². The number of aromatic nitrogens is 2. The van der Waals surface area contributed by atoms with E-state index < -0.39 is 0 Å². The summed E-state index contributed by atoms with van der Waals surface area (Å²) in [5.74, 6) is 1.58. The molecule has 0 spiro atoms. The van der Waals surface area contributed by atoms with Crippen LogP contribution in [0.4, 0.5) is 5.69 Å². The molecule has 0 atom stereocenters. The molecule has 0 unspecified atom stereocenters. The second-order valence-electron chi connectivity index (χ2n) is 4.61. The van der Waals surface area contributed by atoms with Crippen LogP contribution in [-0.4, -0.2) is 16.6 Å². The number of benzene rings is 1. The molecule has 1 aromatic heterocycles. The van der Waals surface area contributed by atoms with E-state index in [9.17, 15) is 0 Å². The highest BCUT2D eigenvalue weighted by molar-refractivity contribution is 9.10. The van der Waals surface area contributed by atoms with Crippen LogP contribution < -0.4 is 14.8 Å². The fourth-order valence-electron chi connectivity index (χ4n) is 2.20. The molecule has 0 saturated carbocycles. The molecule has 0 saturated heterocycles. The van der Waals surface area contributed by atoms with E-state index in [0.717, 1.165) is 39.5 Å². The van der Waals surface area contributed by atoms with Crippen molar-refractivity contribution in [1.82, 2.24) is 9.78 Å². The zero-order valence-electron chi connectivity index (χ0n) is 11.4. The summed E-state index contributed by atoms with van der Waals surface area (Å²) in [5, 5.41) is 7.87. The van der Waals surface area contributed by atoms with Crippen molar-refractivity contribution in [3.05, 3.63) is 34.1 Å². The van der Waals surface area contributed by atoms with Crippen LogP contribution in [0, 0.1) is 0 Å². The molecule has 1 N–H and O–H groups in total. The van der Waals surface area contributed by atoms with Gasteiger partial charge in [0.05, 0.1) is 22.4 Å². The van der Waals surface area contributed by atoms with E-state index in [-0.39, 0.29) is 0 Å². The summed E-state index contributed by atoms with van der Waals surface area (Å²) in [4.78, 5) is 0. The number of rotatable bonds is 4. The number of anilines is 1. The summed E-state index contributed by atoms with van der Waals surface area (Å²) >= 11 is 3.62. The molecule has 0 bridgehead atoms. The molecule has 2 heterocycles.